The van der Waals surface area contributed by atoms with Gasteiger partial charge in [-0.15, -0.1) is 0 Å². The number of carbonyl (C=O) groups excluding carboxylic acids is 3. The molecule has 3 amide bonds. The molecule has 136 valence electrons. The van der Waals surface area contributed by atoms with Crippen LogP contribution in [-0.2, 0) is 14.4 Å². The Balaban J connectivity index is 1.49. The summed E-state index contributed by atoms with van der Waals surface area (Å²) in [7, 11) is 0. The number of hydrogen-bond acceptors (Lipinski definition) is 6. The summed E-state index contributed by atoms with van der Waals surface area (Å²) in [5, 5.41) is 12.2. The van der Waals surface area contributed by atoms with Gasteiger partial charge in [-0.1, -0.05) is 35.0 Å². The molecular weight excluding hydrogens is 370 g/mol. The Morgan fingerprint density at radius 1 is 1.04 bits per heavy atom. The quantitative estimate of drug-likeness (QED) is 0.819. The number of carbonyl (C=O) groups is 3. The van der Waals surface area contributed by atoms with Crippen LogP contribution in [0.4, 0.5) is 11.4 Å². The third kappa shape index (κ3) is 3.15. The average molecular weight is 384 g/mol. The fourth-order valence-corrected chi connectivity index (χ4v) is 3.19. The Labute approximate surface area is 159 Å². The van der Waals surface area contributed by atoms with Crippen LogP contribution in [0.2, 0.25) is 5.02 Å². The molecule has 0 radical (unpaired) electrons. The number of rotatable bonds is 4. The molecule has 0 aliphatic carbocycles. The van der Waals surface area contributed by atoms with Gasteiger partial charge in [0.2, 0.25) is 5.91 Å². The number of halogens is 1. The lowest BCUT2D eigenvalue weighted by Gasteiger charge is -2.20. The number of benzene rings is 2. The zero-order valence-corrected chi connectivity index (χ0v) is 14.7. The Hall–Kier alpha value is -3.26. The van der Waals surface area contributed by atoms with Gasteiger partial charge >= 0.3 is 0 Å². The molecular formula is C18H14ClN5O3. The van der Waals surface area contributed by atoms with Gasteiger partial charge in [0.1, 0.15) is 6.54 Å². The van der Waals surface area contributed by atoms with E-state index < -0.39 is 23.9 Å². The van der Waals surface area contributed by atoms with Gasteiger partial charge in [-0.2, -0.15) is 5.11 Å². The van der Waals surface area contributed by atoms with Crippen molar-refractivity contribution in [3.63, 3.8) is 0 Å². The van der Waals surface area contributed by atoms with E-state index in [1.165, 1.54) is 5.01 Å². The average Bonchev–Trinajstić information content (AvgIpc) is 3.17. The van der Waals surface area contributed by atoms with Gasteiger partial charge < -0.3 is 5.32 Å². The van der Waals surface area contributed by atoms with E-state index in [1.807, 2.05) is 6.07 Å². The molecule has 9 heteroatoms. The van der Waals surface area contributed by atoms with E-state index in [4.69, 9.17) is 11.6 Å². The number of hydrogen-bond donors (Lipinski definition) is 1. The van der Waals surface area contributed by atoms with Crippen molar-refractivity contribution in [1.29, 1.82) is 0 Å². The molecule has 2 aliphatic heterocycles. The van der Waals surface area contributed by atoms with E-state index in [2.05, 4.69) is 15.7 Å². The molecule has 2 heterocycles. The van der Waals surface area contributed by atoms with Crippen LogP contribution in [0.25, 0.3) is 0 Å². The predicted octanol–water partition coefficient (Wildman–Crippen LogP) is 2.27. The van der Waals surface area contributed by atoms with E-state index in [-0.39, 0.29) is 12.5 Å². The minimum absolute atomic E-state index is 0.187. The number of anilines is 2. The zero-order chi connectivity index (χ0) is 19.0. The first-order valence-corrected chi connectivity index (χ1v) is 8.58. The SMILES string of the molecule is O=C(CN1N=N[C@H]2C(=O)N(c3ccc(Cl)cc3)C(=O)[C@H]21)Nc1ccccc1. The summed E-state index contributed by atoms with van der Waals surface area (Å²) in [6.45, 7) is -0.187. The Morgan fingerprint density at radius 3 is 2.44 bits per heavy atom. The van der Waals surface area contributed by atoms with E-state index >= 15 is 0 Å². The van der Waals surface area contributed by atoms with Gasteiger partial charge in [0.25, 0.3) is 11.8 Å². The molecule has 0 unspecified atom stereocenters. The van der Waals surface area contributed by atoms with E-state index in [0.29, 0.717) is 16.4 Å². The molecule has 2 aromatic carbocycles. The van der Waals surface area contributed by atoms with E-state index in [9.17, 15) is 14.4 Å². The summed E-state index contributed by atoms with van der Waals surface area (Å²) < 4.78 is 0. The van der Waals surface area contributed by atoms with Crippen LogP contribution in [0, 0.1) is 0 Å². The summed E-state index contributed by atoms with van der Waals surface area (Å²) in [4.78, 5) is 38.7. The highest BCUT2D eigenvalue weighted by atomic mass is 35.5. The van der Waals surface area contributed by atoms with E-state index in [1.54, 1.807) is 48.5 Å². The lowest BCUT2D eigenvalue weighted by molar-refractivity contribution is -0.123. The molecule has 8 nitrogen and oxygen atoms in total. The first kappa shape index (κ1) is 17.2. The maximum Gasteiger partial charge on any atom is 0.263 e. The van der Waals surface area contributed by atoms with Gasteiger partial charge in [-0.05, 0) is 36.4 Å². The highest BCUT2D eigenvalue weighted by Crippen LogP contribution is 2.32. The van der Waals surface area contributed by atoms with Crippen molar-refractivity contribution in [2.24, 2.45) is 10.3 Å². The van der Waals surface area contributed by atoms with Crippen LogP contribution in [0.5, 0.6) is 0 Å². The van der Waals surface area contributed by atoms with Crippen molar-refractivity contribution >= 4 is 40.7 Å². The zero-order valence-electron chi connectivity index (χ0n) is 13.9. The highest BCUT2D eigenvalue weighted by Gasteiger charge is 2.55. The summed E-state index contributed by atoms with van der Waals surface area (Å²) in [5.41, 5.74) is 1.04. The molecule has 1 fully saturated rings. The fourth-order valence-electron chi connectivity index (χ4n) is 3.07. The van der Waals surface area contributed by atoms with Gasteiger partial charge in [-0.3, -0.25) is 19.4 Å². The van der Waals surface area contributed by atoms with Crippen molar-refractivity contribution in [2.75, 3.05) is 16.8 Å². The first-order chi connectivity index (χ1) is 13.0. The second-order valence-electron chi connectivity index (χ2n) is 6.09. The topological polar surface area (TPSA) is 94.4 Å². The molecule has 0 aromatic heterocycles. The summed E-state index contributed by atoms with van der Waals surface area (Å²) >= 11 is 5.86. The molecule has 27 heavy (non-hydrogen) atoms. The second-order valence-corrected chi connectivity index (χ2v) is 6.53. The molecule has 1 N–H and O–H groups in total. The summed E-state index contributed by atoms with van der Waals surface area (Å²) in [6, 6.07) is 13.4. The predicted molar refractivity (Wildman–Crippen MR) is 98.2 cm³/mol. The van der Waals surface area contributed by atoms with Crippen molar-refractivity contribution in [3.8, 4) is 0 Å². The highest BCUT2D eigenvalue weighted by molar-refractivity contribution is 6.31. The third-order valence-electron chi connectivity index (χ3n) is 4.31. The normalized spacial score (nSPS) is 20.9. The van der Waals surface area contributed by atoms with E-state index in [0.717, 1.165) is 4.90 Å². The van der Waals surface area contributed by atoms with Gasteiger partial charge in [0.15, 0.2) is 12.1 Å². The number of imide groups is 1. The first-order valence-electron chi connectivity index (χ1n) is 8.20. The summed E-state index contributed by atoms with van der Waals surface area (Å²) in [6.07, 6.45) is 0. The molecule has 0 spiro atoms. The Morgan fingerprint density at radius 2 is 1.74 bits per heavy atom. The van der Waals surface area contributed by atoms with Crippen LogP contribution in [-0.4, -0.2) is 41.4 Å². The molecule has 4 rings (SSSR count). The summed E-state index contributed by atoms with van der Waals surface area (Å²) in [5.74, 6) is -1.29. The largest absolute Gasteiger partial charge is 0.324 e. The number of para-hydroxylation sites is 1. The molecule has 2 aliphatic rings. The Kier molecular flexibility index (Phi) is 4.33. The smallest absolute Gasteiger partial charge is 0.263 e. The monoisotopic (exact) mass is 383 g/mol. The molecule has 1 saturated heterocycles. The molecule has 2 atom stereocenters. The Bertz CT molecular complexity index is 932. The fraction of sp³-hybridized carbons (Fsp3) is 0.167. The van der Waals surface area contributed by atoms with Crippen molar-refractivity contribution < 1.29 is 14.4 Å². The lowest BCUT2D eigenvalue weighted by Crippen LogP contribution is -2.43. The maximum atomic E-state index is 12.8. The van der Waals surface area contributed by atoms with Crippen LogP contribution in [0.15, 0.2) is 64.9 Å². The molecule has 2 aromatic rings. The van der Waals surface area contributed by atoms with Crippen LogP contribution in [0.3, 0.4) is 0 Å². The lowest BCUT2D eigenvalue weighted by atomic mass is 10.1. The number of nitrogens with one attached hydrogen (secondary N) is 1. The van der Waals surface area contributed by atoms with Crippen molar-refractivity contribution in [2.45, 2.75) is 12.1 Å². The van der Waals surface area contributed by atoms with Crippen LogP contribution < -0.4 is 10.2 Å². The number of fused-ring (bicyclic) bond motifs is 1. The second kappa shape index (κ2) is 6.81. The van der Waals surface area contributed by atoms with Crippen molar-refractivity contribution in [1.82, 2.24) is 5.01 Å². The maximum absolute atomic E-state index is 12.8. The number of amides is 3. The molecule has 0 bridgehead atoms. The van der Waals surface area contributed by atoms with Gasteiger partial charge in [0.05, 0.1) is 5.69 Å². The van der Waals surface area contributed by atoms with Gasteiger partial charge in [-0.25, -0.2) is 4.90 Å². The van der Waals surface area contributed by atoms with Crippen LogP contribution in [0.1, 0.15) is 0 Å². The van der Waals surface area contributed by atoms with Crippen LogP contribution >= 0.6 is 11.6 Å². The van der Waals surface area contributed by atoms with Gasteiger partial charge in [0, 0.05) is 10.7 Å². The van der Waals surface area contributed by atoms with Crippen molar-refractivity contribution in [3.05, 3.63) is 59.6 Å². The minimum Gasteiger partial charge on any atom is -0.324 e. The standard InChI is InChI=1S/C18H14ClN5O3/c19-11-6-8-13(9-7-11)24-17(26)15-16(18(24)27)23(22-21-15)10-14(25)20-12-4-2-1-3-5-12/h1-9,15-16H,10H2,(H,20,25)/t15-,16+/m1/s1. The minimum atomic E-state index is -0.947. The molecule has 0 saturated carbocycles. The third-order valence-corrected chi connectivity index (χ3v) is 4.56. The number of nitrogens with zero attached hydrogens (tertiary/aromatic N) is 4.